The van der Waals surface area contributed by atoms with Crippen LogP contribution in [-0.4, -0.2) is 35.9 Å². The number of hydrogen-bond acceptors (Lipinski definition) is 5. The number of aliphatic hydroxyl groups excluding tert-OH is 1. The van der Waals surface area contributed by atoms with Gasteiger partial charge in [-0.2, -0.15) is 5.10 Å². The summed E-state index contributed by atoms with van der Waals surface area (Å²) in [5.74, 6) is -0.00301. The molecule has 0 fully saturated rings. The lowest BCUT2D eigenvalue weighted by Crippen LogP contribution is -2.34. The monoisotopic (exact) mass is 248 g/mol. The molecule has 1 aromatic rings. The molecular weight excluding hydrogens is 232 g/mol. The summed E-state index contributed by atoms with van der Waals surface area (Å²) in [5, 5.41) is 15.0. The Morgan fingerprint density at radius 2 is 2.25 bits per heavy atom. The van der Waals surface area contributed by atoms with Crippen LogP contribution in [0, 0.1) is 0 Å². The van der Waals surface area contributed by atoms with E-state index in [0.717, 1.165) is 6.20 Å². The second-order valence-corrected chi connectivity index (χ2v) is 5.44. The molecule has 0 aliphatic heterocycles. The van der Waals surface area contributed by atoms with Crippen molar-refractivity contribution >= 4 is 15.8 Å². The van der Waals surface area contributed by atoms with Crippen molar-refractivity contribution in [3.05, 3.63) is 6.20 Å². The molecule has 0 spiro atoms. The van der Waals surface area contributed by atoms with Gasteiger partial charge >= 0.3 is 0 Å². The molecule has 0 aromatic carbocycles. The van der Waals surface area contributed by atoms with Crippen molar-refractivity contribution in [2.24, 2.45) is 0 Å². The quantitative estimate of drug-likeness (QED) is 0.556. The molecule has 2 unspecified atom stereocenters. The summed E-state index contributed by atoms with van der Waals surface area (Å²) in [5.41, 5.74) is 5.42. The zero-order valence-electron chi connectivity index (χ0n) is 9.14. The average molecular weight is 248 g/mol. The first kappa shape index (κ1) is 12.9. The summed E-state index contributed by atoms with van der Waals surface area (Å²) in [7, 11) is -3.67. The maximum atomic E-state index is 11.8. The third-order valence-corrected chi connectivity index (χ3v) is 3.59. The molecule has 7 nitrogen and oxygen atoms in total. The second-order valence-electron chi connectivity index (χ2n) is 3.75. The Hall–Kier alpha value is -1.12. The van der Waals surface area contributed by atoms with Gasteiger partial charge in [0.15, 0.2) is 0 Å². The molecule has 0 bridgehead atoms. The zero-order valence-corrected chi connectivity index (χ0v) is 9.95. The lowest BCUT2D eigenvalue weighted by Gasteiger charge is -2.14. The molecule has 1 aromatic heterocycles. The van der Waals surface area contributed by atoms with Crippen LogP contribution in [0.15, 0.2) is 11.1 Å². The van der Waals surface area contributed by atoms with Gasteiger partial charge in [-0.05, 0) is 20.3 Å². The Balaban J connectivity index is 2.77. The number of anilines is 1. The largest absolute Gasteiger partial charge is 0.393 e. The van der Waals surface area contributed by atoms with Crippen LogP contribution in [0.1, 0.15) is 20.3 Å². The topological polar surface area (TPSA) is 121 Å². The number of sulfonamides is 1. The first-order valence-electron chi connectivity index (χ1n) is 4.82. The fourth-order valence-electron chi connectivity index (χ4n) is 1.39. The van der Waals surface area contributed by atoms with Crippen molar-refractivity contribution in [2.75, 3.05) is 5.73 Å². The number of nitrogen functional groups attached to an aromatic ring is 1. The number of H-pyrrole nitrogens is 1. The fraction of sp³-hybridized carbons (Fsp3) is 0.625. The molecule has 1 rings (SSSR count). The molecule has 0 aliphatic carbocycles. The highest BCUT2D eigenvalue weighted by Gasteiger charge is 2.22. The number of aliphatic hydroxyl groups is 1. The van der Waals surface area contributed by atoms with Crippen LogP contribution >= 0.6 is 0 Å². The van der Waals surface area contributed by atoms with Gasteiger partial charge in [0.25, 0.3) is 0 Å². The van der Waals surface area contributed by atoms with Gasteiger partial charge < -0.3 is 10.8 Å². The van der Waals surface area contributed by atoms with Crippen LogP contribution in [0.3, 0.4) is 0 Å². The standard InChI is InChI=1S/C8H16N4O3S/c1-5(3-6(2)13)12-16(14,15)7-4-10-11-8(7)9/h4-6,12-13H,3H2,1-2H3,(H3,9,10,11). The van der Waals surface area contributed by atoms with E-state index in [-0.39, 0.29) is 16.8 Å². The number of nitrogens with zero attached hydrogens (tertiary/aromatic N) is 1. The zero-order chi connectivity index (χ0) is 12.3. The lowest BCUT2D eigenvalue weighted by atomic mass is 10.2. The SMILES string of the molecule is CC(O)CC(C)NS(=O)(=O)c1cn[nH]c1N. The molecule has 5 N–H and O–H groups in total. The highest BCUT2D eigenvalue weighted by molar-refractivity contribution is 7.89. The third-order valence-electron chi connectivity index (χ3n) is 1.97. The molecule has 0 saturated carbocycles. The van der Waals surface area contributed by atoms with Crippen molar-refractivity contribution in [2.45, 2.75) is 37.3 Å². The molecule has 16 heavy (non-hydrogen) atoms. The predicted octanol–water partition coefficient (Wildman–Crippen LogP) is -0.570. The predicted molar refractivity (Wildman–Crippen MR) is 59.1 cm³/mol. The van der Waals surface area contributed by atoms with E-state index < -0.39 is 16.1 Å². The first-order chi connectivity index (χ1) is 7.33. The Morgan fingerprint density at radius 3 is 2.69 bits per heavy atom. The van der Waals surface area contributed by atoms with Gasteiger partial charge in [-0.3, -0.25) is 5.10 Å². The summed E-state index contributed by atoms with van der Waals surface area (Å²) in [6.07, 6.45) is 0.906. The number of nitrogens with two attached hydrogens (primary N) is 1. The van der Waals surface area contributed by atoms with Crippen LogP contribution in [0.25, 0.3) is 0 Å². The molecule has 0 aliphatic rings. The molecule has 0 amide bonds. The Kier molecular flexibility index (Phi) is 3.89. The maximum Gasteiger partial charge on any atom is 0.246 e. The van der Waals surface area contributed by atoms with Crippen LogP contribution in [0.5, 0.6) is 0 Å². The smallest absolute Gasteiger partial charge is 0.246 e. The second kappa shape index (κ2) is 4.81. The molecule has 1 heterocycles. The van der Waals surface area contributed by atoms with Crippen molar-refractivity contribution in [3.63, 3.8) is 0 Å². The summed E-state index contributed by atoms with van der Waals surface area (Å²) in [4.78, 5) is -0.0788. The van der Waals surface area contributed by atoms with Gasteiger partial charge in [0.1, 0.15) is 10.7 Å². The summed E-state index contributed by atoms with van der Waals surface area (Å²) < 4.78 is 25.9. The summed E-state index contributed by atoms with van der Waals surface area (Å²) in [6, 6.07) is -0.376. The lowest BCUT2D eigenvalue weighted by molar-refractivity contribution is 0.175. The van der Waals surface area contributed by atoms with E-state index in [4.69, 9.17) is 10.8 Å². The van der Waals surface area contributed by atoms with Gasteiger partial charge in [0.2, 0.25) is 10.0 Å². The summed E-state index contributed by atoms with van der Waals surface area (Å²) in [6.45, 7) is 3.26. The Morgan fingerprint density at radius 1 is 1.62 bits per heavy atom. The minimum atomic E-state index is -3.67. The number of rotatable bonds is 5. The molecule has 2 atom stereocenters. The van der Waals surface area contributed by atoms with Crippen molar-refractivity contribution < 1.29 is 13.5 Å². The normalized spacial score (nSPS) is 15.9. The van der Waals surface area contributed by atoms with Gasteiger partial charge in [-0.1, -0.05) is 0 Å². The van der Waals surface area contributed by atoms with E-state index in [2.05, 4.69) is 14.9 Å². The maximum absolute atomic E-state index is 11.8. The molecule has 0 saturated heterocycles. The first-order valence-corrected chi connectivity index (χ1v) is 6.30. The summed E-state index contributed by atoms with van der Waals surface area (Å²) >= 11 is 0. The Bertz CT molecular complexity index is 440. The molecule has 0 radical (unpaired) electrons. The van der Waals surface area contributed by atoms with Gasteiger partial charge in [-0.15, -0.1) is 0 Å². The number of nitrogens with one attached hydrogen (secondary N) is 2. The van der Waals surface area contributed by atoms with Gasteiger partial charge in [0, 0.05) is 6.04 Å². The van der Waals surface area contributed by atoms with E-state index in [0.29, 0.717) is 6.42 Å². The van der Waals surface area contributed by atoms with E-state index in [1.165, 1.54) is 0 Å². The molecular formula is C8H16N4O3S. The van der Waals surface area contributed by atoms with Crippen LogP contribution in [0.2, 0.25) is 0 Å². The molecule has 8 heteroatoms. The third kappa shape index (κ3) is 3.19. The van der Waals surface area contributed by atoms with Crippen molar-refractivity contribution in [1.82, 2.24) is 14.9 Å². The van der Waals surface area contributed by atoms with E-state index in [9.17, 15) is 8.42 Å². The van der Waals surface area contributed by atoms with E-state index in [1.54, 1.807) is 13.8 Å². The van der Waals surface area contributed by atoms with Gasteiger partial charge in [0.05, 0.1) is 12.3 Å². The van der Waals surface area contributed by atoms with Crippen LogP contribution < -0.4 is 10.5 Å². The highest BCUT2D eigenvalue weighted by Crippen LogP contribution is 2.14. The van der Waals surface area contributed by atoms with Crippen molar-refractivity contribution in [3.8, 4) is 0 Å². The van der Waals surface area contributed by atoms with E-state index in [1.807, 2.05) is 0 Å². The molecule has 92 valence electrons. The van der Waals surface area contributed by atoms with E-state index >= 15 is 0 Å². The number of hydrogen-bond donors (Lipinski definition) is 4. The number of aromatic amines is 1. The number of aromatic nitrogens is 2. The minimum absolute atomic E-state index is 0.00301. The van der Waals surface area contributed by atoms with Gasteiger partial charge in [-0.25, -0.2) is 13.1 Å². The average Bonchev–Trinajstić information content (AvgIpc) is 2.48. The van der Waals surface area contributed by atoms with Crippen molar-refractivity contribution in [1.29, 1.82) is 0 Å². The van der Waals surface area contributed by atoms with Crippen LogP contribution in [0.4, 0.5) is 5.82 Å². The van der Waals surface area contributed by atoms with Crippen LogP contribution in [-0.2, 0) is 10.0 Å². The Labute approximate surface area is 94.1 Å². The highest BCUT2D eigenvalue weighted by atomic mass is 32.2. The fourth-order valence-corrected chi connectivity index (χ4v) is 2.67. The minimum Gasteiger partial charge on any atom is -0.393 e.